The smallest absolute Gasteiger partial charge is 0.229 e. The Balaban J connectivity index is 1.30. The van der Waals surface area contributed by atoms with Crippen LogP contribution in [0.2, 0.25) is 0 Å². The van der Waals surface area contributed by atoms with Crippen LogP contribution in [-0.4, -0.2) is 60.9 Å². The maximum Gasteiger partial charge on any atom is 0.229 e. The van der Waals surface area contributed by atoms with Crippen molar-refractivity contribution in [1.29, 1.82) is 0 Å². The lowest BCUT2D eigenvalue weighted by Gasteiger charge is -2.32. The quantitative estimate of drug-likeness (QED) is 0.826. The van der Waals surface area contributed by atoms with Gasteiger partial charge in [0.2, 0.25) is 11.8 Å². The fourth-order valence-corrected chi connectivity index (χ4v) is 5.79. The SMILES string of the molecule is CCN1CCC2(CC2CC(C)CN2CCC3(CCNCC3)C2=O)C1=O. The number of hydrogen-bond donors (Lipinski definition) is 1. The molecule has 5 heteroatoms. The summed E-state index contributed by atoms with van der Waals surface area (Å²) in [6.07, 6.45) is 6.28. The second kappa shape index (κ2) is 6.26. The Kier molecular flexibility index (Phi) is 4.33. The molecule has 1 saturated carbocycles. The molecule has 0 bridgehead atoms. The number of carbonyl (C=O) groups excluding carboxylic acids is 2. The van der Waals surface area contributed by atoms with E-state index in [0.717, 1.165) is 77.8 Å². The van der Waals surface area contributed by atoms with Crippen LogP contribution in [0, 0.1) is 22.7 Å². The molecule has 0 aromatic carbocycles. The zero-order valence-corrected chi connectivity index (χ0v) is 15.9. The highest BCUT2D eigenvalue weighted by Gasteiger charge is 2.63. The molecule has 4 fully saturated rings. The van der Waals surface area contributed by atoms with E-state index in [4.69, 9.17) is 0 Å². The number of piperidine rings is 1. The molecule has 3 saturated heterocycles. The molecule has 4 aliphatic rings. The van der Waals surface area contributed by atoms with Gasteiger partial charge in [0, 0.05) is 26.2 Å². The van der Waals surface area contributed by atoms with E-state index in [0.29, 0.717) is 23.7 Å². The van der Waals surface area contributed by atoms with Gasteiger partial charge < -0.3 is 15.1 Å². The molecule has 140 valence electrons. The van der Waals surface area contributed by atoms with E-state index in [9.17, 15) is 9.59 Å². The zero-order chi connectivity index (χ0) is 17.7. The highest BCUT2D eigenvalue weighted by Crippen LogP contribution is 2.61. The Labute approximate surface area is 151 Å². The summed E-state index contributed by atoms with van der Waals surface area (Å²) in [5.41, 5.74) is -0.0790. The average Bonchev–Trinajstić information content (AvgIpc) is 3.11. The summed E-state index contributed by atoms with van der Waals surface area (Å²) in [6.45, 7) is 9.92. The van der Waals surface area contributed by atoms with E-state index in [-0.39, 0.29) is 10.8 Å². The maximum absolute atomic E-state index is 12.9. The summed E-state index contributed by atoms with van der Waals surface area (Å²) in [4.78, 5) is 29.7. The molecule has 3 aliphatic heterocycles. The Hall–Kier alpha value is -1.10. The molecule has 4 rings (SSSR count). The number of likely N-dealkylation sites (tertiary alicyclic amines) is 2. The van der Waals surface area contributed by atoms with Crippen LogP contribution in [0.5, 0.6) is 0 Å². The van der Waals surface area contributed by atoms with E-state index in [1.807, 2.05) is 4.90 Å². The molecule has 0 radical (unpaired) electrons. The van der Waals surface area contributed by atoms with Gasteiger partial charge in [-0.05, 0) is 70.4 Å². The van der Waals surface area contributed by atoms with Crippen molar-refractivity contribution in [1.82, 2.24) is 15.1 Å². The van der Waals surface area contributed by atoms with Crippen molar-refractivity contribution in [3.8, 4) is 0 Å². The summed E-state index contributed by atoms with van der Waals surface area (Å²) in [6, 6.07) is 0. The lowest BCUT2D eigenvalue weighted by Crippen LogP contribution is -2.43. The number of nitrogens with zero attached hydrogens (tertiary/aromatic N) is 2. The van der Waals surface area contributed by atoms with Crippen molar-refractivity contribution >= 4 is 11.8 Å². The van der Waals surface area contributed by atoms with Crippen LogP contribution >= 0.6 is 0 Å². The first-order valence-electron chi connectivity index (χ1n) is 10.3. The molecular weight excluding hydrogens is 314 g/mol. The van der Waals surface area contributed by atoms with Gasteiger partial charge in [0.15, 0.2) is 0 Å². The first-order valence-corrected chi connectivity index (χ1v) is 10.3. The van der Waals surface area contributed by atoms with Crippen LogP contribution in [0.1, 0.15) is 52.4 Å². The number of carbonyl (C=O) groups is 2. The summed E-state index contributed by atoms with van der Waals surface area (Å²) >= 11 is 0. The van der Waals surface area contributed by atoms with Crippen molar-refractivity contribution in [3.05, 3.63) is 0 Å². The minimum absolute atomic E-state index is 0.0183. The second-order valence-electron chi connectivity index (χ2n) is 9.06. The molecule has 3 unspecified atom stereocenters. The van der Waals surface area contributed by atoms with Crippen molar-refractivity contribution < 1.29 is 9.59 Å². The van der Waals surface area contributed by atoms with Gasteiger partial charge in [-0.3, -0.25) is 9.59 Å². The number of rotatable bonds is 5. The van der Waals surface area contributed by atoms with Crippen LogP contribution in [0.15, 0.2) is 0 Å². The monoisotopic (exact) mass is 347 g/mol. The Morgan fingerprint density at radius 3 is 2.48 bits per heavy atom. The first-order chi connectivity index (χ1) is 12.0. The summed E-state index contributed by atoms with van der Waals surface area (Å²) < 4.78 is 0. The van der Waals surface area contributed by atoms with Crippen LogP contribution in [-0.2, 0) is 9.59 Å². The van der Waals surface area contributed by atoms with Gasteiger partial charge in [-0.2, -0.15) is 0 Å². The van der Waals surface area contributed by atoms with Crippen molar-refractivity contribution in [3.63, 3.8) is 0 Å². The van der Waals surface area contributed by atoms with E-state index >= 15 is 0 Å². The Morgan fingerprint density at radius 2 is 1.80 bits per heavy atom. The lowest BCUT2D eigenvalue weighted by atomic mass is 9.77. The normalized spacial score (nSPS) is 35.2. The molecule has 2 spiro atoms. The van der Waals surface area contributed by atoms with Crippen LogP contribution < -0.4 is 5.32 Å². The molecule has 25 heavy (non-hydrogen) atoms. The van der Waals surface area contributed by atoms with Gasteiger partial charge in [0.1, 0.15) is 0 Å². The lowest BCUT2D eigenvalue weighted by molar-refractivity contribution is -0.138. The maximum atomic E-state index is 12.9. The minimum Gasteiger partial charge on any atom is -0.342 e. The molecule has 3 atom stereocenters. The topological polar surface area (TPSA) is 52.6 Å². The summed E-state index contributed by atoms with van der Waals surface area (Å²) in [5, 5.41) is 3.38. The van der Waals surface area contributed by atoms with Gasteiger partial charge in [-0.25, -0.2) is 0 Å². The zero-order valence-electron chi connectivity index (χ0n) is 15.9. The molecule has 1 N–H and O–H groups in total. The third kappa shape index (κ3) is 2.79. The predicted octanol–water partition coefficient (Wildman–Crippen LogP) is 1.87. The van der Waals surface area contributed by atoms with Gasteiger partial charge in [-0.1, -0.05) is 6.92 Å². The highest BCUT2D eigenvalue weighted by molar-refractivity contribution is 5.88. The van der Waals surface area contributed by atoms with Gasteiger partial charge in [-0.15, -0.1) is 0 Å². The van der Waals surface area contributed by atoms with E-state index in [2.05, 4.69) is 24.1 Å². The fourth-order valence-electron chi connectivity index (χ4n) is 5.79. The van der Waals surface area contributed by atoms with Crippen LogP contribution in [0.3, 0.4) is 0 Å². The van der Waals surface area contributed by atoms with Gasteiger partial charge in [0.25, 0.3) is 0 Å². The van der Waals surface area contributed by atoms with Gasteiger partial charge >= 0.3 is 0 Å². The van der Waals surface area contributed by atoms with Crippen LogP contribution in [0.4, 0.5) is 0 Å². The number of nitrogens with one attached hydrogen (secondary N) is 1. The second-order valence-corrected chi connectivity index (χ2v) is 9.06. The summed E-state index contributed by atoms with van der Waals surface area (Å²) in [7, 11) is 0. The molecule has 3 heterocycles. The third-order valence-electron chi connectivity index (χ3n) is 7.54. The summed E-state index contributed by atoms with van der Waals surface area (Å²) in [5.74, 6) is 1.85. The van der Waals surface area contributed by atoms with E-state index in [1.165, 1.54) is 0 Å². The van der Waals surface area contributed by atoms with Crippen LogP contribution in [0.25, 0.3) is 0 Å². The Morgan fingerprint density at radius 1 is 1.08 bits per heavy atom. The van der Waals surface area contributed by atoms with Crippen molar-refractivity contribution in [2.45, 2.75) is 52.4 Å². The standard InChI is InChI=1S/C20H33N3O2/c1-3-22-11-7-20(18(22)25)13-16(20)12-15(2)14-23-10-6-19(17(23)24)4-8-21-9-5-19/h15-16,21H,3-14H2,1-2H3. The molecule has 1 aliphatic carbocycles. The highest BCUT2D eigenvalue weighted by atomic mass is 16.2. The fraction of sp³-hybridized carbons (Fsp3) is 0.900. The first kappa shape index (κ1) is 17.3. The van der Waals surface area contributed by atoms with E-state index in [1.54, 1.807) is 0 Å². The molecular formula is C20H33N3O2. The van der Waals surface area contributed by atoms with E-state index < -0.39 is 0 Å². The number of amides is 2. The minimum atomic E-state index is -0.0607. The van der Waals surface area contributed by atoms with Gasteiger partial charge in [0.05, 0.1) is 10.8 Å². The molecule has 5 nitrogen and oxygen atoms in total. The molecule has 0 aromatic heterocycles. The predicted molar refractivity (Wildman–Crippen MR) is 96.9 cm³/mol. The van der Waals surface area contributed by atoms with Crippen molar-refractivity contribution in [2.24, 2.45) is 22.7 Å². The number of hydrogen-bond acceptors (Lipinski definition) is 3. The molecule has 2 amide bonds. The third-order valence-corrected chi connectivity index (χ3v) is 7.54. The molecule has 0 aromatic rings. The Bertz CT molecular complexity index is 557. The average molecular weight is 348 g/mol. The largest absolute Gasteiger partial charge is 0.342 e. The van der Waals surface area contributed by atoms with Crippen molar-refractivity contribution in [2.75, 3.05) is 39.3 Å².